The van der Waals surface area contributed by atoms with Gasteiger partial charge in [-0.05, 0) is 43.2 Å². The SMILES string of the molecule is O=C(CSc1nnc(-c2ccco2)n1C1CCCCC1)c1ccc(O)c(O)c1. The van der Waals surface area contributed by atoms with Crippen LogP contribution in [0.5, 0.6) is 11.5 Å². The average molecular weight is 399 g/mol. The standard InChI is InChI=1S/C20H21N3O4S/c24-15-9-8-13(11-16(15)25)17(26)12-28-20-22-21-19(18-7-4-10-27-18)23(20)14-5-2-1-3-6-14/h4,7-11,14,24-25H,1-3,5-6,12H2. The lowest BCUT2D eigenvalue weighted by molar-refractivity contribution is 0.102. The van der Waals surface area contributed by atoms with Crippen molar-refractivity contribution < 1.29 is 19.4 Å². The number of phenolic OH excluding ortho intramolecular Hbond substituents is 2. The number of ketones is 1. The van der Waals surface area contributed by atoms with E-state index >= 15 is 0 Å². The fourth-order valence-electron chi connectivity index (χ4n) is 3.53. The molecule has 28 heavy (non-hydrogen) atoms. The van der Waals surface area contributed by atoms with Crippen molar-refractivity contribution in [3.63, 3.8) is 0 Å². The van der Waals surface area contributed by atoms with E-state index in [2.05, 4.69) is 14.8 Å². The molecule has 1 aliphatic rings. The first kappa shape index (κ1) is 18.6. The van der Waals surface area contributed by atoms with E-state index in [1.165, 1.54) is 36.4 Å². The Hall–Kier alpha value is -2.74. The summed E-state index contributed by atoms with van der Waals surface area (Å²) >= 11 is 1.33. The lowest BCUT2D eigenvalue weighted by atomic mass is 9.95. The average Bonchev–Trinajstić information content (AvgIpc) is 3.38. The summed E-state index contributed by atoms with van der Waals surface area (Å²) in [5, 5.41) is 28.4. The molecule has 1 aliphatic carbocycles. The first-order valence-electron chi connectivity index (χ1n) is 9.30. The van der Waals surface area contributed by atoms with Crippen molar-refractivity contribution in [3.8, 4) is 23.1 Å². The number of furan rings is 1. The third kappa shape index (κ3) is 3.77. The molecule has 0 saturated heterocycles. The molecular formula is C20H21N3O4S. The Bertz CT molecular complexity index is 962. The summed E-state index contributed by atoms with van der Waals surface area (Å²) in [4.78, 5) is 12.5. The number of phenols is 2. The molecule has 2 N–H and O–H groups in total. The van der Waals surface area contributed by atoms with Crippen molar-refractivity contribution in [2.24, 2.45) is 0 Å². The number of thioether (sulfide) groups is 1. The zero-order valence-electron chi connectivity index (χ0n) is 15.2. The van der Waals surface area contributed by atoms with Crippen molar-refractivity contribution in [1.82, 2.24) is 14.8 Å². The molecule has 0 aliphatic heterocycles. The van der Waals surface area contributed by atoms with Gasteiger partial charge < -0.3 is 14.6 Å². The minimum Gasteiger partial charge on any atom is -0.504 e. The van der Waals surface area contributed by atoms with Crippen LogP contribution >= 0.6 is 11.8 Å². The van der Waals surface area contributed by atoms with Crippen LogP contribution in [0, 0.1) is 0 Å². The monoisotopic (exact) mass is 399 g/mol. The zero-order valence-corrected chi connectivity index (χ0v) is 16.1. The third-order valence-electron chi connectivity index (χ3n) is 4.98. The molecule has 0 atom stereocenters. The van der Waals surface area contributed by atoms with Crippen LogP contribution in [0.4, 0.5) is 0 Å². The summed E-state index contributed by atoms with van der Waals surface area (Å²) < 4.78 is 7.63. The summed E-state index contributed by atoms with van der Waals surface area (Å²) in [5.74, 6) is 0.810. The Kier molecular flexibility index (Phi) is 5.38. The predicted octanol–water partition coefficient (Wildman–Crippen LogP) is 4.43. The highest BCUT2D eigenvalue weighted by Gasteiger charge is 2.25. The van der Waals surface area contributed by atoms with Gasteiger partial charge in [0, 0.05) is 11.6 Å². The molecule has 4 rings (SSSR count). The van der Waals surface area contributed by atoms with E-state index in [1.807, 2.05) is 12.1 Å². The van der Waals surface area contributed by atoms with Crippen molar-refractivity contribution in [1.29, 1.82) is 0 Å². The first-order chi connectivity index (χ1) is 13.6. The van der Waals surface area contributed by atoms with Crippen LogP contribution in [0.15, 0.2) is 46.2 Å². The van der Waals surface area contributed by atoms with Gasteiger partial charge in [0.15, 0.2) is 28.2 Å². The van der Waals surface area contributed by atoms with E-state index < -0.39 is 0 Å². The molecule has 1 saturated carbocycles. The lowest BCUT2D eigenvalue weighted by Crippen LogP contribution is -2.15. The van der Waals surface area contributed by atoms with Gasteiger partial charge in [-0.1, -0.05) is 31.0 Å². The van der Waals surface area contributed by atoms with Gasteiger partial charge in [-0.3, -0.25) is 9.36 Å². The predicted molar refractivity (Wildman–Crippen MR) is 105 cm³/mol. The molecule has 0 amide bonds. The Morgan fingerprint density at radius 1 is 1.14 bits per heavy atom. The van der Waals surface area contributed by atoms with E-state index in [4.69, 9.17) is 4.42 Å². The molecule has 2 heterocycles. The minimum absolute atomic E-state index is 0.155. The number of hydrogen-bond acceptors (Lipinski definition) is 7. The Balaban J connectivity index is 1.57. The van der Waals surface area contributed by atoms with E-state index in [0.29, 0.717) is 28.3 Å². The Morgan fingerprint density at radius 2 is 1.96 bits per heavy atom. The van der Waals surface area contributed by atoms with Crippen molar-refractivity contribution in [2.75, 3.05) is 5.75 Å². The molecule has 146 valence electrons. The number of aromatic hydroxyl groups is 2. The molecule has 0 radical (unpaired) electrons. The van der Waals surface area contributed by atoms with Crippen molar-refractivity contribution in [2.45, 2.75) is 43.3 Å². The van der Waals surface area contributed by atoms with Gasteiger partial charge in [0.05, 0.1) is 12.0 Å². The van der Waals surface area contributed by atoms with E-state index in [-0.39, 0.29) is 23.0 Å². The summed E-state index contributed by atoms with van der Waals surface area (Å²) in [6.07, 6.45) is 7.29. The van der Waals surface area contributed by atoms with Crippen LogP contribution in [0.3, 0.4) is 0 Å². The van der Waals surface area contributed by atoms with Gasteiger partial charge in [-0.15, -0.1) is 10.2 Å². The number of Topliss-reactive ketones (excluding diaryl/α,β-unsaturated/α-hetero) is 1. The van der Waals surface area contributed by atoms with Crippen LogP contribution in [0.25, 0.3) is 11.6 Å². The molecule has 0 unspecified atom stereocenters. The fourth-order valence-corrected chi connectivity index (χ4v) is 4.43. The Morgan fingerprint density at radius 3 is 2.68 bits per heavy atom. The summed E-state index contributed by atoms with van der Waals surface area (Å²) in [7, 11) is 0. The number of hydrogen-bond donors (Lipinski definition) is 2. The molecule has 1 fully saturated rings. The number of rotatable bonds is 6. The topological polar surface area (TPSA) is 101 Å². The van der Waals surface area contributed by atoms with Gasteiger partial charge in [-0.25, -0.2) is 0 Å². The second-order valence-electron chi connectivity index (χ2n) is 6.86. The van der Waals surface area contributed by atoms with Crippen LogP contribution in [0.2, 0.25) is 0 Å². The van der Waals surface area contributed by atoms with Crippen LogP contribution < -0.4 is 0 Å². The van der Waals surface area contributed by atoms with Gasteiger partial charge in [0.1, 0.15) is 0 Å². The van der Waals surface area contributed by atoms with Gasteiger partial charge in [-0.2, -0.15) is 0 Å². The van der Waals surface area contributed by atoms with E-state index in [0.717, 1.165) is 25.7 Å². The van der Waals surface area contributed by atoms with Crippen LogP contribution in [-0.2, 0) is 0 Å². The second kappa shape index (κ2) is 8.10. The molecule has 7 nitrogen and oxygen atoms in total. The van der Waals surface area contributed by atoms with Crippen molar-refractivity contribution in [3.05, 3.63) is 42.2 Å². The second-order valence-corrected chi connectivity index (χ2v) is 7.80. The number of carbonyl (C=O) groups is 1. The molecule has 1 aromatic carbocycles. The summed E-state index contributed by atoms with van der Waals surface area (Å²) in [6.45, 7) is 0. The molecule has 8 heteroatoms. The summed E-state index contributed by atoms with van der Waals surface area (Å²) in [5.41, 5.74) is 0.345. The number of nitrogens with zero attached hydrogens (tertiary/aromatic N) is 3. The van der Waals surface area contributed by atoms with Gasteiger partial charge >= 0.3 is 0 Å². The van der Waals surface area contributed by atoms with E-state index in [9.17, 15) is 15.0 Å². The highest BCUT2D eigenvalue weighted by atomic mass is 32.2. The highest BCUT2D eigenvalue weighted by molar-refractivity contribution is 7.99. The fraction of sp³-hybridized carbons (Fsp3) is 0.350. The zero-order chi connectivity index (χ0) is 19.5. The normalized spacial score (nSPS) is 15.0. The quantitative estimate of drug-likeness (QED) is 0.359. The Labute approximate surface area is 166 Å². The largest absolute Gasteiger partial charge is 0.504 e. The number of aromatic nitrogens is 3. The van der Waals surface area contributed by atoms with Crippen LogP contribution in [-0.4, -0.2) is 36.5 Å². The van der Waals surface area contributed by atoms with Gasteiger partial charge in [0.25, 0.3) is 0 Å². The maximum absolute atomic E-state index is 12.5. The highest BCUT2D eigenvalue weighted by Crippen LogP contribution is 2.36. The maximum atomic E-state index is 12.5. The smallest absolute Gasteiger partial charge is 0.200 e. The molecular weight excluding hydrogens is 378 g/mol. The maximum Gasteiger partial charge on any atom is 0.200 e. The summed E-state index contributed by atoms with van der Waals surface area (Å²) in [6, 6.07) is 8.06. The molecule has 0 spiro atoms. The lowest BCUT2D eigenvalue weighted by Gasteiger charge is -2.25. The molecule has 2 aromatic heterocycles. The van der Waals surface area contributed by atoms with Gasteiger partial charge in [0.2, 0.25) is 5.82 Å². The number of carbonyl (C=O) groups excluding carboxylic acids is 1. The van der Waals surface area contributed by atoms with Crippen LogP contribution in [0.1, 0.15) is 48.5 Å². The third-order valence-corrected chi connectivity index (χ3v) is 5.92. The molecule has 3 aromatic rings. The number of benzene rings is 1. The van der Waals surface area contributed by atoms with Crippen molar-refractivity contribution >= 4 is 17.5 Å². The van der Waals surface area contributed by atoms with E-state index in [1.54, 1.807) is 6.26 Å². The molecule has 0 bridgehead atoms. The first-order valence-corrected chi connectivity index (χ1v) is 10.3. The minimum atomic E-state index is -0.304.